The standard InChI is InChI=1S/C36H43F6NO6/c1-6-8-9-10-21-11-14-25(28(17-21)49-36(40,41)42)26-18-23-12-13-24(19-27(23)47-32(26)45)46-29-15-16-30(34(29,5)35(37,38)39)48-31(44)22(7-2)20-33(3,4)43/h11-14,17-19,22,29-30H,6-10,15-16,20,43H2,1-5H3. The highest BCUT2D eigenvalue weighted by atomic mass is 19.4. The van der Waals surface area contributed by atoms with Crippen LogP contribution in [0.1, 0.15) is 85.1 Å². The largest absolute Gasteiger partial charge is 0.573 e. The first kappa shape index (κ1) is 38.1. The van der Waals surface area contributed by atoms with E-state index in [1.54, 1.807) is 26.8 Å². The maximum Gasteiger partial charge on any atom is 0.573 e. The fourth-order valence-electron chi connectivity index (χ4n) is 6.35. The number of carbonyl (C=O) groups excluding carboxylic acids is 1. The van der Waals surface area contributed by atoms with Gasteiger partial charge in [0.25, 0.3) is 0 Å². The average Bonchev–Trinajstić information content (AvgIpc) is 3.30. The van der Waals surface area contributed by atoms with Crippen molar-refractivity contribution in [1.82, 2.24) is 0 Å². The number of benzene rings is 2. The van der Waals surface area contributed by atoms with Gasteiger partial charge in [0.05, 0.1) is 11.5 Å². The number of rotatable bonds is 13. The summed E-state index contributed by atoms with van der Waals surface area (Å²) in [6.45, 7) is 8.15. The Hall–Kier alpha value is -3.74. The van der Waals surface area contributed by atoms with Crippen molar-refractivity contribution in [3.8, 4) is 22.6 Å². The summed E-state index contributed by atoms with van der Waals surface area (Å²) < 4.78 is 105. The Bertz CT molecular complexity index is 1680. The predicted octanol–water partition coefficient (Wildman–Crippen LogP) is 9.27. The van der Waals surface area contributed by atoms with E-state index in [1.165, 1.54) is 36.4 Å². The molecule has 4 unspecified atom stereocenters. The number of ether oxygens (including phenoxy) is 3. The first-order valence-corrected chi connectivity index (χ1v) is 16.5. The fourth-order valence-corrected chi connectivity index (χ4v) is 6.35. The topological polar surface area (TPSA) is 101 Å². The van der Waals surface area contributed by atoms with E-state index < -0.39 is 59.0 Å². The van der Waals surface area contributed by atoms with Crippen molar-refractivity contribution >= 4 is 16.9 Å². The van der Waals surface area contributed by atoms with Gasteiger partial charge in [-0.2, -0.15) is 13.2 Å². The number of alkyl halides is 6. The number of fused-ring (bicyclic) bond motifs is 1. The Balaban J connectivity index is 1.61. The SMILES string of the molecule is CCCCCc1ccc(-c2cc3ccc(OC4CCC(OC(=O)C(CC)CC(C)(C)N)C4(C)C(F)(F)F)cc3oc2=O)c(OC(F)(F)F)c1. The van der Waals surface area contributed by atoms with Crippen LogP contribution in [-0.4, -0.2) is 36.3 Å². The summed E-state index contributed by atoms with van der Waals surface area (Å²) in [4.78, 5) is 26.1. The van der Waals surface area contributed by atoms with Crippen molar-refractivity contribution in [3.05, 3.63) is 58.4 Å². The molecule has 3 aromatic rings. The van der Waals surface area contributed by atoms with Crippen LogP contribution in [0.4, 0.5) is 26.3 Å². The molecule has 13 heteroatoms. The van der Waals surface area contributed by atoms with E-state index in [0.29, 0.717) is 18.4 Å². The molecule has 0 amide bonds. The molecule has 4 rings (SSSR count). The highest BCUT2D eigenvalue weighted by Crippen LogP contribution is 2.53. The van der Waals surface area contributed by atoms with E-state index >= 15 is 0 Å². The van der Waals surface area contributed by atoms with Crippen LogP contribution in [0.2, 0.25) is 0 Å². The number of hydrogen-bond donors (Lipinski definition) is 1. The van der Waals surface area contributed by atoms with Crippen molar-refractivity contribution in [2.75, 3.05) is 0 Å². The number of esters is 1. The van der Waals surface area contributed by atoms with Crippen LogP contribution < -0.4 is 20.8 Å². The van der Waals surface area contributed by atoms with Crippen molar-refractivity contribution in [3.63, 3.8) is 0 Å². The van der Waals surface area contributed by atoms with Gasteiger partial charge in [-0.3, -0.25) is 4.79 Å². The number of halogens is 6. The molecule has 0 spiro atoms. The lowest BCUT2D eigenvalue weighted by Gasteiger charge is -2.38. The summed E-state index contributed by atoms with van der Waals surface area (Å²) in [7, 11) is 0. The average molecular weight is 700 g/mol. The molecule has 1 aliphatic rings. The molecule has 1 aromatic heterocycles. The molecule has 0 aliphatic heterocycles. The van der Waals surface area contributed by atoms with E-state index in [2.05, 4.69) is 4.74 Å². The number of hydrogen-bond acceptors (Lipinski definition) is 7. The molecule has 1 heterocycles. The van der Waals surface area contributed by atoms with E-state index in [9.17, 15) is 35.9 Å². The maximum atomic E-state index is 14.7. The quantitative estimate of drug-likeness (QED) is 0.0822. The Labute approximate surface area is 281 Å². The normalized spacial score (nSPS) is 20.7. The fraction of sp³-hybridized carbons (Fsp3) is 0.556. The lowest BCUT2D eigenvalue weighted by Crippen LogP contribution is -2.52. The molecule has 4 atom stereocenters. The second-order valence-electron chi connectivity index (χ2n) is 13.7. The van der Waals surface area contributed by atoms with E-state index in [-0.39, 0.29) is 47.1 Å². The van der Waals surface area contributed by atoms with Gasteiger partial charge in [0.15, 0.2) is 0 Å². The van der Waals surface area contributed by atoms with Crippen molar-refractivity contribution in [1.29, 1.82) is 0 Å². The predicted molar refractivity (Wildman–Crippen MR) is 172 cm³/mol. The maximum absolute atomic E-state index is 14.7. The molecule has 2 aromatic carbocycles. The molecule has 0 radical (unpaired) electrons. The first-order valence-electron chi connectivity index (χ1n) is 16.5. The minimum Gasteiger partial charge on any atom is -0.489 e. The van der Waals surface area contributed by atoms with E-state index in [1.807, 2.05) is 6.92 Å². The van der Waals surface area contributed by atoms with Crippen molar-refractivity contribution in [2.45, 2.75) is 116 Å². The molecule has 1 aliphatic carbocycles. The zero-order chi connectivity index (χ0) is 36.4. The summed E-state index contributed by atoms with van der Waals surface area (Å²) in [6, 6.07) is 9.64. The van der Waals surface area contributed by atoms with E-state index in [0.717, 1.165) is 26.2 Å². The molecule has 2 N–H and O–H groups in total. The Morgan fingerprint density at radius 3 is 2.29 bits per heavy atom. The second kappa shape index (κ2) is 14.6. The van der Waals surface area contributed by atoms with Crippen LogP contribution in [0.5, 0.6) is 11.5 Å². The van der Waals surface area contributed by atoms with Gasteiger partial charge in [0.1, 0.15) is 34.7 Å². The molecule has 1 fully saturated rings. The molecule has 1 saturated carbocycles. The van der Waals surface area contributed by atoms with Gasteiger partial charge in [0, 0.05) is 22.6 Å². The highest BCUT2D eigenvalue weighted by Gasteiger charge is 2.66. The Morgan fingerprint density at radius 1 is 0.980 bits per heavy atom. The molecular weight excluding hydrogens is 656 g/mol. The van der Waals surface area contributed by atoms with Crippen molar-refractivity contribution in [2.24, 2.45) is 17.1 Å². The van der Waals surface area contributed by atoms with Crippen LogP contribution in [0.15, 0.2) is 51.7 Å². The second-order valence-corrected chi connectivity index (χ2v) is 13.7. The Kier molecular flexibility index (Phi) is 11.4. The van der Waals surface area contributed by atoms with Gasteiger partial charge in [-0.25, -0.2) is 4.79 Å². The third-order valence-corrected chi connectivity index (χ3v) is 9.11. The summed E-state index contributed by atoms with van der Waals surface area (Å²) in [5.41, 5.74) is 2.04. The molecular formula is C36H43F6NO6. The van der Waals surface area contributed by atoms with Crippen LogP contribution in [-0.2, 0) is 16.0 Å². The van der Waals surface area contributed by atoms with Gasteiger partial charge >= 0.3 is 24.1 Å². The number of unbranched alkanes of at least 4 members (excludes halogenated alkanes) is 2. The number of nitrogens with two attached hydrogens (primary N) is 1. The molecule has 270 valence electrons. The number of carbonyl (C=O) groups is 1. The summed E-state index contributed by atoms with van der Waals surface area (Å²) in [6.07, 6.45) is -9.24. The number of aryl methyl sites for hydroxylation is 1. The zero-order valence-corrected chi connectivity index (χ0v) is 28.2. The smallest absolute Gasteiger partial charge is 0.489 e. The minimum atomic E-state index is -5.01. The lowest BCUT2D eigenvalue weighted by atomic mass is 9.83. The van der Waals surface area contributed by atoms with Gasteiger partial charge in [-0.05, 0) is 89.1 Å². The van der Waals surface area contributed by atoms with Crippen LogP contribution in [0.3, 0.4) is 0 Å². The third kappa shape index (κ3) is 9.09. The molecule has 0 saturated heterocycles. The van der Waals surface area contributed by atoms with Gasteiger partial charge < -0.3 is 24.4 Å². The third-order valence-electron chi connectivity index (χ3n) is 9.11. The van der Waals surface area contributed by atoms with Crippen LogP contribution in [0.25, 0.3) is 22.1 Å². The monoisotopic (exact) mass is 699 g/mol. The molecule has 7 nitrogen and oxygen atoms in total. The minimum absolute atomic E-state index is 0.0373. The van der Waals surface area contributed by atoms with Gasteiger partial charge in [0.2, 0.25) is 0 Å². The molecule has 49 heavy (non-hydrogen) atoms. The summed E-state index contributed by atoms with van der Waals surface area (Å²) >= 11 is 0. The first-order chi connectivity index (χ1) is 22.8. The van der Waals surface area contributed by atoms with Crippen LogP contribution in [0, 0.1) is 11.3 Å². The zero-order valence-electron chi connectivity index (χ0n) is 28.2. The highest BCUT2D eigenvalue weighted by molar-refractivity contribution is 5.84. The van der Waals surface area contributed by atoms with E-state index in [4.69, 9.17) is 19.6 Å². The van der Waals surface area contributed by atoms with Gasteiger partial charge in [-0.15, -0.1) is 13.2 Å². The van der Waals surface area contributed by atoms with Crippen molar-refractivity contribution < 1.29 is 49.8 Å². The Morgan fingerprint density at radius 2 is 1.67 bits per heavy atom. The molecule has 0 bridgehead atoms. The van der Waals surface area contributed by atoms with Gasteiger partial charge in [-0.1, -0.05) is 38.8 Å². The summed E-state index contributed by atoms with van der Waals surface area (Å²) in [5, 5.41) is 0.289. The lowest BCUT2D eigenvalue weighted by molar-refractivity contribution is -0.274. The summed E-state index contributed by atoms with van der Waals surface area (Å²) in [5.74, 6) is -2.01. The van der Waals surface area contributed by atoms with Crippen LogP contribution >= 0.6 is 0 Å².